The third-order valence-corrected chi connectivity index (χ3v) is 6.06. The lowest BCUT2D eigenvalue weighted by Gasteiger charge is -2.23. The molecule has 0 saturated heterocycles. The van der Waals surface area contributed by atoms with Crippen LogP contribution in [0.15, 0.2) is 84.9 Å². The van der Waals surface area contributed by atoms with Gasteiger partial charge in [0.15, 0.2) is 11.6 Å². The smallest absolute Gasteiger partial charge is 0.198 e. The van der Waals surface area contributed by atoms with E-state index in [9.17, 15) is 9.59 Å². The Morgan fingerprint density at radius 2 is 0.974 bits per heavy atom. The predicted octanol–water partition coefficient (Wildman–Crippen LogP) is 4.69. The summed E-state index contributed by atoms with van der Waals surface area (Å²) in [6, 6.07) is 24.6. The molecule has 5 rings (SSSR count). The number of ether oxygens (including phenoxy) is 2. The highest BCUT2D eigenvalue weighted by Gasteiger charge is 2.33. The predicted molar refractivity (Wildman–Crippen MR) is 144 cm³/mol. The normalized spacial score (nSPS) is 11.9. The molecule has 4 aromatic carbocycles. The topological polar surface area (TPSA) is 117 Å². The summed E-state index contributed by atoms with van der Waals surface area (Å²) in [5.74, 6) is 0.751. The maximum absolute atomic E-state index is 13.9. The van der Waals surface area contributed by atoms with Gasteiger partial charge in [0.25, 0.3) is 0 Å². The van der Waals surface area contributed by atoms with Gasteiger partial charge in [0.1, 0.15) is 24.7 Å². The molecule has 192 valence electrons. The fourth-order valence-electron chi connectivity index (χ4n) is 4.36. The minimum absolute atomic E-state index is 0.0744. The number of carbonyl (C=O) groups is 2. The third-order valence-electron chi connectivity index (χ3n) is 6.06. The molecule has 0 aromatic heterocycles. The van der Waals surface area contributed by atoms with Crippen molar-refractivity contribution >= 4 is 34.3 Å². The Bertz CT molecular complexity index is 1360. The Kier molecular flexibility index (Phi) is 7.35. The van der Waals surface area contributed by atoms with Gasteiger partial charge < -0.3 is 30.3 Å². The van der Waals surface area contributed by atoms with Gasteiger partial charge in [-0.3, -0.25) is 9.59 Å². The standard InChI is InChI=1S/C30H26N2O6/c33-15-17-37-21-11-7-19(8-12-21)31-25-5-1-3-23-27(25)30(36)28-24(29(23)35)4-2-6-26(28)32-20-9-13-22(14-10-20)38-18-16-34/h1-14,31-34H,15-18H2. The summed E-state index contributed by atoms with van der Waals surface area (Å²) in [5.41, 5.74) is 3.80. The van der Waals surface area contributed by atoms with Crippen LogP contribution in [0.1, 0.15) is 31.8 Å². The minimum Gasteiger partial charge on any atom is -0.491 e. The zero-order valence-corrected chi connectivity index (χ0v) is 20.4. The summed E-state index contributed by atoms with van der Waals surface area (Å²) in [4.78, 5) is 27.4. The first-order valence-corrected chi connectivity index (χ1v) is 12.2. The van der Waals surface area contributed by atoms with Crippen molar-refractivity contribution in [3.8, 4) is 11.5 Å². The van der Waals surface area contributed by atoms with Crippen molar-refractivity contribution in [1.29, 1.82) is 0 Å². The van der Waals surface area contributed by atoms with Crippen molar-refractivity contribution in [1.82, 2.24) is 0 Å². The van der Waals surface area contributed by atoms with E-state index >= 15 is 0 Å². The van der Waals surface area contributed by atoms with Crippen LogP contribution in [0, 0.1) is 0 Å². The Morgan fingerprint density at radius 1 is 0.553 bits per heavy atom. The molecule has 0 aliphatic heterocycles. The number of aliphatic hydroxyl groups excluding tert-OH is 2. The molecule has 0 spiro atoms. The van der Waals surface area contributed by atoms with Gasteiger partial charge in [-0.15, -0.1) is 0 Å². The first-order valence-electron chi connectivity index (χ1n) is 12.2. The molecule has 8 heteroatoms. The third kappa shape index (κ3) is 5.08. The van der Waals surface area contributed by atoms with Gasteiger partial charge in [-0.25, -0.2) is 0 Å². The molecule has 0 fully saturated rings. The largest absolute Gasteiger partial charge is 0.491 e. The number of nitrogens with one attached hydrogen (secondary N) is 2. The number of benzene rings is 4. The molecule has 0 saturated carbocycles. The Morgan fingerprint density at radius 3 is 1.37 bits per heavy atom. The average Bonchev–Trinajstić information content (AvgIpc) is 2.95. The lowest BCUT2D eigenvalue weighted by Crippen LogP contribution is -2.23. The number of rotatable bonds is 10. The van der Waals surface area contributed by atoms with E-state index < -0.39 is 0 Å². The van der Waals surface area contributed by atoms with Crippen molar-refractivity contribution in [2.75, 3.05) is 37.1 Å². The van der Waals surface area contributed by atoms with Crippen LogP contribution in [0.5, 0.6) is 11.5 Å². The van der Waals surface area contributed by atoms with E-state index in [2.05, 4.69) is 10.6 Å². The van der Waals surface area contributed by atoms with E-state index in [0.717, 1.165) is 11.4 Å². The van der Waals surface area contributed by atoms with Gasteiger partial charge in [-0.2, -0.15) is 0 Å². The molecule has 0 radical (unpaired) electrons. The molecule has 4 aromatic rings. The SMILES string of the molecule is O=C1c2cccc(Nc3ccc(OCCO)cc3)c2C(=O)c2c(Nc3ccc(OCCO)cc3)cccc21. The van der Waals surface area contributed by atoms with Crippen LogP contribution in [0.25, 0.3) is 0 Å². The van der Waals surface area contributed by atoms with Crippen molar-refractivity contribution in [2.45, 2.75) is 0 Å². The lowest BCUT2D eigenvalue weighted by atomic mass is 9.82. The fourth-order valence-corrected chi connectivity index (χ4v) is 4.36. The molecule has 0 atom stereocenters. The molecule has 1 aliphatic rings. The van der Waals surface area contributed by atoms with Crippen LogP contribution >= 0.6 is 0 Å². The van der Waals surface area contributed by atoms with Crippen molar-refractivity contribution in [3.05, 3.63) is 107 Å². The van der Waals surface area contributed by atoms with Crippen LogP contribution in [-0.2, 0) is 0 Å². The molecular formula is C30H26N2O6. The fraction of sp³-hybridized carbons (Fsp3) is 0.133. The van der Waals surface area contributed by atoms with Gasteiger partial charge in [0.2, 0.25) is 0 Å². The molecule has 0 bridgehead atoms. The van der Waals surface area contributed by atoms with Crippen LogP contribution in [-0.4, -0.2) is 48.2 Å². The average molecular weight is 511 g/mol. The maximum Gasteiger partial charge on any atom is 0.198 e. The minimum atomic E-state index is -0.258. The maximum atomic E-state index is 13.9. The second kappa shape index (κ2) is 11.2. The van der Waals surface area contributed by atoms with Gasteiger partial charge >= 0.3 is 0 Å². The van der Waals surface area contributed by atoms with E-state index in [0.29, 0.717) is 45.1 Å². The van der Waals surface area contributed by atoms with Crippen molar-refractivity contribution in [2.24, 2.45) is 0 Å². The van der Waals surface area contributed by atoms with Gasteiger partial charge in [-0.05, 0) is 60.7 Å². The molecule has 38 heavy (non-hydrogen) atoms. The van der Waals surface area contributed by atoms with Crippen molar-refractivity contribution in [3.63, 3.8) is 0 Å². The van der Waals surface area contributed by atoms with E-state index in [1.165, 1.54) is 0 Å². The number of anilines is 4. The van der Waals surface area contributed by atoms with E-state index in [4.69, 9.17) is 19.7 Å². The van der Waals surface area contributed by atoms with Crippen LogP contribution < -0.4 is 20.1 Å². The highest BCUT2D eigenvalue weighted by atomic mass is 16.5. The quantitative estimate of drug-likeness (QED) is 0.214. The molecule has 0 amide bonds. The van der Waals surface area contributed by atoms with Crippen molar-refractivity contribution < 1.29 is 29.3 Å². The summed E-state index contributed by atoms with van der Waals surface area (Å²) in [7, 11) is 0. The monoisotopic (exact) mass is 510 g/mol. The lowest BCUT2D eigenvalue weighted by molar-refractivity contribution is 0.0980. The van der Waals surface area contributed by atoms with Crippen LogP contribution in [0.4, 0.5) is 22.7 Å². The first-order chi connectivity index (χ1) is 18.6. The van der Waals surface area contributed by atoms with Crippen LogP contribution in [0.2, 0.25) is 0 Å². The Labute approximate surface area is 219 Å². The second-order valence-corrected chi connectivity index (χ2v) is 8.56. The summed E-state index contributed by atoms with van der Waals surface area (Å²) >= 11 is 0. The van der Waals surface area contributed by atoms with Gasteiger partial charge in [0.05, 0.1) is 35.7 Å². The Balaban J connectivity index is 1.45. The van der Waals surface area contributed by atoms with Gasteiger partial charge in [0, 0.05) is 22.5 Å². The molecular weight excluding hydrogens is 484 g/mol. The number of ketones is 2. The molecule has 4 N–H and O–H groups in total. The number of hydrogen-bond donors (Lipinski definition) is 4. The summed E-state index contributed by atoms with van der Waals surface area (Å²) in [6.07, 6.45) is 0. The Hall–Kier alpha value is -4.66. The van der Waals surface area contributed by atoms with E-state index in [-0.39, 0.29) is 38.0 Å². The number of fused-ring (bicyclic) bond motifs is 2. The van der Waals surface area contributed by atoms with Gasteiger partial charge in [-0.1, -0.05) is 24.3 Å². The number of carbonyl (C=O) groups excluding carboxylic acids is 2. The summed E-state index contributed by atoms with van der Waals surface area (Å²) in [5, 5.41) is 24.4. The van der Waals surface area contributed by atoms with E-state index in [1.807, 2.05) is 0 Å². The molecule has 0 unspecified atom stereocenters. The number of hydrogen-bond acceptors (Lipinski definition) is 8. The summed E-state index contributed by atoms with van der Waals surface area (Å²) < 4.78 is 10.8. The number of aliphatic hydroxyl groups is 2. The zero-order valence-electron chi connectivity index (χ0n) is 20.4. The van der Waals surface area contributed by atoms with Crippen LogP contribution in [0.3, 0.4) is 0 Å². The highest BCUT2D eigenvalue weighted by molar-refractivity contribution is 6.32. The summed E-state index contributed by atoms with van der Waals surface area (Å²) in [6.45, 7) is 0.254. The molecule has 8 nitrogen and oxygen atoms in total. The molecule has 0 heterocycles. The zero-order chi connectivity index (χ0) is 26.5. The van der Waals surface area contributed by atoms with E-state index in [1.54, 1.807) is 84.9 Å². The first kappa shape index (κ1) is 25.0. The second-order valence-electron chi connectivity index (χ2n) is 8.56. The highest BCUT2D eigenvalue weighted by Crippen LogP contribution is 2.37. The molecule has 1 aliphatic carbocycles.